The molecule has 0 saturated carbocycles. The number of H-pyrrole nitrogens is 1. The second-order valence-corrected chi connectivity index (χ2v) is 12.6. The first-order chi connectivity index (χ1) is 21.0. The van der Waals surface area contributed by atoms with Crippen molar-refractivity contribution in [3.63, 3.8) is 0 Å². The molecule has 0 unspecified atom stereocenters. The number of aromatic nitrogens is 1. The van der Waals surface area contributed by atoms with E-state index in [4.69, 9.17) is 30.1 Å². The molecule has 13 nitrogen and oxygen atoms in total. The summed E-state index contributed by atoms with van der Waals surface area (Å²) in [6.45, 7) is 11.9. The number of hydrogen-bond donors (Lipinski definition) is 5. The smallest absolute Gasteiger partial charge is 0.323 e. The number of carbonyl (C=O) groups excluding carboxylic acids is 3. The largest absolute Gasteiger partial charge is 0.463 e. The number of amidine groups is 1. The van der Waals surface area contributed by atoms with Gasteiger partial charge in [-0.1, -0.05) is 51.1 Å². The average Bonchev–Trinajstić information content (AvgIpc) is 3.56. The van der Waals surface area contributed by atoms with Gasteiger partial charge in [0.25, 0.3) is 5.91 Å². The van der Waals surface area contributed by atoms with Crippen molar-refractivity contribution < 1.29 is 38.4 Å². The summed E-state index contributed by atoms with van der Waals surface area (Å²) in [6.07, 6.45) is -2.91. The Labute approximate surface area is 263 Å². The summed E-state index contributed by atoms with van der Waals surface area (Å²) in [5.74, 6) is -1.71. The molecule has 1 amide bonds. The number of ether oxygens (including phenoxy) is 4. The standard InChI is InChI=1S/C32H45N5O8/c1-8-43-31(5,6)29(41)37-27(35-18-33)20-14-15-22(36-20)32(7)26(39)24(44-28(40)25(34)30(2,3)4)21(45-32)17-42-23(38)16-19-12-10-9-11-13-19/h9-15,18,21,24-26,36,39H,8,16-17,34H2,1-7H3,(H2,33,35,37,41)/t21-,24-,25-,26-,32+/m1/s1. The molecule has 0 bridgehead atoms. The number of rotatable bonds is 12. The summed E-state index contributed by atoms with van der Waals surface area (Å²) in [5.41, 5.74) is 4.28. The minimum atomic E-state index is -1.49. The normalized spacial score (nSPS) is 22.9. The van der Waals surface area contributed by atoms with Gasteiger partial charge in [-0.25, -0.2) is 4.99 Å². The van der Waals surface area contributed by atoms with Gasteiger partial charge < -0.3 is 40.1 Å². The van der Waals surface area contributed by atoms with Crippen molar-refractivity contribution in [1.29, 1.82) is 5.41 Å². The van der Waals surface area contributed by atoms with Crippen LogP contribution in [0, 0.1) is 10.8 Å². The zero-order valence-corrected chi connectivity index (χ0v) is 26.9. The first-order valence-electron chi connectivity index (χ1n) is 14.8. The van der Waals surface area contributed by atoms with Gasteiger partial charge in [0.1, 0.15) is 42.4 Å². The number of nitrogens with zero attached hydrogens (tertiary/aromatic N) is 1. The van der Waals surface area contributed by atoms with Crippen LogP contribution in [-0.4, -0.2) is 83.3 Å². The number of nitrogens with two attached hydrogens (primary N) is 1. The molecule has 0 spiro atoms. The van der Waals surface area contributed by atoms with Crippen LogP contribution in [0.5, 0.6) is 0 Å². The summed E-state index contributed by atoms with van der Waals surface area (Å²) < 4.78 is 23.0. The van der Waals surface area contributed by atoms with Gasteiger partial charge >= 0.3 is 11.9 Å². The number of aliphatic hydroxyl groups excluding tert-OH is 1. The van der Waals surface area contributed by atoms with Gasteiger partial charge in [0, 0.05) is 6.61 Å². The zero-order chi connectivity index (χ0) is 33.6. The summed E-state index contributed by atoms with van der Waals surface area (Å²) in [6, 6.07) is 11.3. The third-order valence-corrected chi connectivity index (χ3v) is 7.63. The lowest BCUT2D eigenvalue weighted by atomic mass is 9.87. The maximum absolute atomic E-state index is 13.0. The molecule has 13 heteroatoms. The second-order valence-electron chi connectivity index (χ2n) is 12.6. The highest BCUT2D eigenvalue weighted by atomic mass is 16.6. The Morgan fingerprint density at radius 3 is 2.44 bits per heavy atom. The molecule has 45 heavy (non-hydrogen) atoms. The van der Waals surface area contributed by atoms with Crippen molar-refractivity contribution in [3.05, 3.63) is 59.4 Å². The number of amides is 1. The van der Waals surface area contributed by atoms with E-state index in [1.54, 1.807) is 72.7 Å². The van der Waals surface area contributed by atoms with Crippen LogP contribution >= 0.6 is 0 Å². The van der Waals surface area contributed by atoms with E-state index >= 15 is 0 Å². The number of aromatic amines is 1. The molecule has 5 atom stereocenters. The minimum absolute atomic E-state index is 0.0215. The maximum atomic E-state index is 13.0. The van der Waals surface area contributed by atoms with Crippen molar-refractivity contribution >= 4 is 30.0 Å². The van der Waals surface area contributed by atoms with Gasteiger partial charge in [-0.3, -0.25) is 19.8 Å². The number of esters is 2. The molecule has 1 fully saturated rings. The molecular formula is C32H45N5O8. The van der Waals surface area contributed by atoms with Gasteiger partial charge in [0.15, 0.2) is 11.9 Å². The van der Waals surface area contributed by atoms with Gasteiger partial charge in [0.05, 0.1) is 17.8 Å². The molecule has 246 valence electrons. The average molecular weight is 628 g/mol. The lowest BCUT2D eigenvalue weighted by Gasteiger charge is -2.29. The number of nitrogens with one attached hydrogen (secondary N) is 3. The molecule has 3 rings (SSSR count). The van der Waals surface area contributed by atoms with E-state index in [0.717, 1.165) is 11.9 Å². The summed E-state index contributed by atoms with van der Waals surface area (Å²) in [5, 5.41) is 21.7. The van der Waals surface area contributed by atoms with Crippen LogP contribution in [-0.2, 0) is 45.4 Å². The van der Waals surface area contributed by atoms with Crippen molar-refractivity contribution in [2.75, 3.05) is 13.2 Å². The maximum Gasteiger partial charge on any atom is 0.323 e. The quantitative estimate of drug-likeness (QED) is 0.133. The third-order valence-electron chi connectivity index (χ3n) is 7.63. The molecular weight excluding hydrogens is 582 g/mol. The van der Waals surface area contributed by atoms with Crippen molar-refractivity contribution in [3.8, 4) is 0 Å². The van der Waals surface area contributed by atoms with Gasteiger partial charge in [-0.15, -0.1) is 0 Å². The fraction of sp³-hybridized carbons (Fsp3) is 0.531. The Bertz CT molecular complexity index is 1380. The molecule has 1 aliphatic heterocycles. The number of carbonyl (C=O) groups is 3. The fourth-order valence-corrected chi connectivity index (χ4v) is 4.75. The monoisotopic (exact) mass is 627 g/mol. The zero-order valence-electron chi connectivity index (χ0n) is 26.9. The van der Waals surface area contributed by atoms with Crippen LogP contribution in [0.25, 0.3) is 0 Å². The molecule has 0 radical (unpaired) electrons. The van der Waals surface area contributed by atoms with E-state index in [2.05, 4.69) is 15.3 Å². The predicted molar refractivity (Wildman–Crippen MR) is 167 cm³/mol. The van der Waals surface area contributed by atoms with Crippen molar-refractivity contribution in [2.24, 2.45) is 16.1 Å². The van der Waals surface area contributed by atoms with E-state index in [-0.39, 0.29) is 18.9 Å². The highest BCUT2D eigenvalue weighted by Gasteiger charge is 2.56. The van der Waals surface area contributed by atoms with Crippen LogP contribution in [0.2, 0.25) is 0 Å². The van der Waals surface area contributed by atoms with Crippen LogP contribution in [0.1, 0.15) is 65.4 Å². The first kappa shape index (κ1) is 35.6. The second kappa shape index (κ2) is 14.5. The van der Waals surface area contributed by atoms with Gasteiger partial charge in [-0.2, -0.15) is 0 Å². The van der Waals surface area contributed by atoms with E-state index in [0.29, 0.717) is 18.0 Å². The molecule has 2 heterocycles. The first-order valence-corrected chi connectivity index (χ1v) is 14.8. The van der Waals surface area contributed by atoms with Crippen LogP contribution in [0.3, 0.4) is 0 Å². The number of aliphatic imine (C=N–C) groups is 1. The topological polar surface area (TPSA) is 198 Å². The molecule has 2 aromatic rings. The Balaban J connectivity index is 1.87. The van der Waals surface area contributed by atoms with Crippen LogP contribution in [0.15, 0.2) is 47.5 Å². The minimum Gasteiger partial charge on any atom is -0.463 e. The van der Waals surface area contributed by atoms with E-state index in [9.17, 15) is 19.5 Å². The lowest BCUT2D eigenvalue weighted by Crippen LogP contribution is -2.49. The molecule has 1 aromatic carbocycles. The Hall–Kier alpha value is -3.91. The molecule has 6 N–H and O–H groups in total. The van der Waals surface area contributed by atoms with Crippen molar-refractivity contribution in [2.45, 2.75) is 90.4 Å². The van der Waals surface area contributed by atoms with Crippen molar-refractivity contribution in [1.82, 2.24) is 10.3 Å². The highest BCUT2D eigenvalue weighted by Crippen LogP contribution is 2.41. The Kier molecular flexibility index (Phi) is 11.4. The summed E-state index contributed by atoms with van der Waals surface area (Å²) in [4.78, 5) is 45.6. The van der Waals surface area contributed by atoms with Crippen LogP contribution in [0.4, 0.5) is 0 Å². The Morgan fingerprint density at radius 1 is 1.18 bits per heavy atom. The number of aliphatic hydroxyl groups is 1. The molecule has 1 saturated heterocycles. The third kappa shape index (κ3) is 8.63. The van der Waals surface area contributed by atoms with E-state index in [1.807, 2.05) is 18.2 Å². The van der Waals surface area contributed by atoms with E-state index < -0.39 is 58.8 Å². The fourth-order valence-electron chi connectivity index (χ4n) is 4.75. The Morgan fingerprint density at radius 2 is 1.84 bits per heavy atom. The molecule has 0 aliphatic carbocycles. The van der Waals surface area contributed by atoms with E-state index in [1.165, 1.54) is 0 Å². The highest BCUT2D eigenvalue weighted by molar-refractivity contribution is 6.10. The SMILES string of the molecule is CCOC(C)(C)C(=O)NC(=NC=N)c1ccc([C@]2(C)O[C@H](COC(=O)Cc3ccccc3)[C@@H](OC(=O)[C@@H](N)C(C)(C)C)[C@H]2O)[nH]1. The number of benzene rings is 1. The van der Waals surface area contributed by atoms with Crippen LogP contribution < -0.4 is 11.1 Å². The van der Waals surface area contributed by atoms with Gasteiger partial charge in [0.2, 0.25) is 0 Å². The summed E-state index contributed by atoms with van der Waals surface area (Å²) >= 11 is 0. The van der Waals surface area contributed by atoms with Gasteiger partial charge in [-0.05, 0) is 50.8 Å². The predicted octanol–water partition coefficient (Wildman–Crippen LogP) is 2.35. The molecule has 1 aromatic heterocycles. The molecule has 1 aliphatic rings. The lowest BCUT2D eigenvalue weighted by molar-refractivity contribution is -0.163. The number of hydrogen-bond acceptors (Lipinski definition) is 10. The summed E-state index contributed by atoms with van der Waals surface area (Å²) in [7, 11) is 0.